The van der Waals surface area contributed by atoms with Crippen LogP contribution in [0.5, 0.6) is 0 Å². The quantitative estimate of drug-likeness (QED) is 0.222. The highest BCUT2D eigenvalue weighted by Crippen LogP contribution is 2.52. The number of alkyl halides is 6. The average molecular weight is 608 g/mol. The van der Waals surface area contributed by atoms with Crippen molar-refractivity contribution >= 4 is 11.5 Å². The molecule has 0 bridgehead atoms. The fraction of sp³-hybridized carbons (Fsp3) is 0.545. The van der Waals surface area contributed by atoms with E-state index < -0.39 is 30.2 Å². The van der Waals surface area contributed by atoms with Gasteiger partial charge < -0.3 is 15.5 Å². The number of benzene rings is 1. The lowest BCUT2D eigenvalue weighted by Crippen LogP contribution is -2.45. The maximum absolute atomic E-state index is 13.1. The van der Waals surface area contributed by atoms with Crippen molar-refractivity contribution in [3.05, 3.63) is 76.9 Å². The Morgan fingerprint density at radius 2 is 1.79 bits per heavy atom. The molecule has 1 aromatic carbocycles. The summed E-state index contributed by atoms with van der Waals surface area (Å²) >= 11 is 0. The lowest BCUT2D eigenvalue weighted by atomic mass is 9.72. The number of rotatable bonds is 10. The molecule has 2 unspecified atom stereocenters. The number of likely N-dealkylation sites (tertiary alicyclic amines) is 1. The smallest absolute Gasteiger partial charge is 0.349 e. The van der Waals surface area contributed by atoms with Gasteiger partial charge in [0.1, 0.15) is 0 Å². The number of carbonyl (C=O) groups excluding carboxylic acids is 1. The first-order valence-electron chi connectivity index (χ1n) is 15.2. The summed E-state index contributed by atoms with van der Waals surface area (Å²) in [5.74, 6) is -1.87. The second-order valence-electron chi connectivity index (χ2n) is 12.1. The zero-order valence-electron chi connectivity index (χ0n) is 24.2. The third-order valence-electron chi connectivity index (χ3n) is 9.24. The van der Waals surface area contributed by atoms with Crippen LogP contribution >= 0.6 is 0 Å². The highest BCUT2D eigenvalue weighted by atomic mass is 19.4. The summed E-state index contributed by atoms with van der Waals surface area (Å²) < 4.78 is 77.9. The largest absolute Gasteiger partial charge is 0.401 e. The Labute approximate surface area is 249 Å². The molecule has 2 atom stereocenters. The Morgan fingerprint density at radius 3 is 2.49 bits per heavy atom. The molecule has 2 N–H and O–H groups in total. The van der Waals surface area contributed by atoms with E-state index in [1.807, 2.05) is 12.1 Å². The molecule has 1 aromatic rings. The molecule has 1 heterocycles. The van der Waals surface area contributed by atoms with Gasteiger partial charge in [0.2, 0.25) is 0 Å². The molecule has 1 aliphatic heterocycles. The molecule has 1 fully saturated rings. The van der Waals surface area contributed by atoms with Gasteiger partial charge in [-0.1, -0.05) is 61.1 Å². The van der Waals surface area contributed by atoms with Gasteiger partial charge in [0, 0.05) is 36.7 Å². The van der Waals surface area contributed by atoms with Crippen LogP contribution in [-0.4, -0.2) is 61.9 Å². The summed E-state index contributed by atoms with van der Waals surface area (Å²) in [6.07, 6.45) is 5.01. The van der Waals surface area contributed by atoms with Crippen molar-refractivity contribution in [2.45, 2.75) is 75.2 Å². The van der Waals surface area contributed by atoms with E-state index in [9.17, 15) is 31.1 Å². The molecular weight excluding hydrogens is 568 g/mol. The van der Waals surface area contributed by atoms with Crippen molar-refractivity contribution < 1.29 is 31.1 Å². The lowest BCUT2D eigenvalue weighted by molar-refractivity contribution is -0.160. The molecular formula is C33H39F6N3O. The summed E-state index contributed by atoms with van der Waals surface area (Å²) in [5, 5.41) is 5.70. The maximum Gasteiger partial charge on any atom is 0.401 e. The van der Waals surface area contributed by atoms with E-state index in [1.165, 1.54) is 23.3 Å². The summed E-state index contributed by atoms with van der Waals surface area (Å²) in [6, 6.07) is 8.11. The molecule has 10 heteroatoms. The lowest BCUT2D eigenvalue weighted by Gasteiger charge is -2.35. The summed E-state index contributed by atoms with van der Waals surface area (Å²) in [4.78, 5) is 14.9. The summed E-state index contributed by atoms with van der Waals surface area (Å²) in [6.45, 7) is 1.68. The number of carbonyl (C=O) groups is 1. The van der Waals surface area contributed by atoms with Crippen molar-refractivity contribution in [1.29, 1.82) is 0 Å². The number of piperidine rings is 1. The van der Waals surface area contributed by atoms with E-state index in [1.54, 1.807) is 0 Å². The number of fused-ring (bicyclic) bond motifs is 2. The Balaban J connectivity index is 1.12. The fourth-order valence-corrected chi connectivity index (χ4v) is 7.03. The summed E-state index contributed by atoms with van der Waals surface area (Å²) in [5.41, 5.74) is 4.49. The first-order chi connectivity index (χ1) is 20.5. The van der Waals surface area contributed by atoms with E-state index in [4.69, 9.17) is 0 Å². The first kappa shape index (κ1) is 31.6. The number of nitrogens with zero attached hydrogens (tertiary/aromatic N) is 1. The van der Waals surface area contributed by atoms with Crippen LogP contribution in [0.1, 0.15) is 62.5 Å². The van der Waals surface area contributed by atoms with E-state index in [2.05, 4.69) is 39.8 Å². The Morgan fingerprint density at radius 1 is 1.02 bits per heavy atom. The predicted octanol–water partition coefficient (Wildman–Crippen LogP) is 7.01. The second-order valence-corrected chi connectivity index (χ2v) is 12.1. The number of unbranched alkanes of at least 4 members (excludes halogenated alkanes) is 1. The molecule has 0 saturated carbocycles. The molecule has 3 aliphatic carbocycles. The Kier molecular flexibility index (Phi) is 9.56. The van der Waals surface area contributed by atoms with E-state index in [0.29, 0.717) is 0 Å². The van der Waals surface area contributed by atoms with Crippen molar-refractivity contribution in [1.82, 2.24) is 15.5 Å². The Hall–Kier alpha value is -2.85. The first-order valence-corrected chi connectivity index (χ1v) is 15.2. The minimum Gasteiger partial charge on any atom is -0.349 e. The van der Waals surface area contributed by atoms with Gasteiger partial charge in [-0.25, -0.2) is 0 Å². The van der Waals surface area contributed by atoms with Gasteiger partial charge in [-0.15, -0.1) is 0 Å². The van der Waals surface area contributed by atoms with Crippen LogP contribution in [0.25, 0.3) is 5.57 Å². The van der Waals surface area contributed by atoms with Crippen LogP contribution in [0.3, 0.4) is 0 Å². The zero-order chi connectivity index (χ0) is 30.7. The maximum atomic E-state index is 13.1. The van der Waals surface area contributed by atoms with E-state index in [0.717, 1.165) is 81.8 Å². The topological polar surface area (TPSA) is 44.4 Å². The SMILES string of the molecule is O=C(NC1CCN(CCCCC2(CNCC(F)(F)F)C3=C(CCC=C3)c3ccccc32)CC1)C1=CCC(C(F)(F)F)C=C1. The van der Waals surface area contributed by atoms with Crippen LogP contribution < -0.4 is 10.6 Å². The number of nitrogens with one attached hydrogen (secondary N) is 2. The van der Waals surface area contributed by atoms with Crippen LogP contribution in [0.15, 0.2) is 65.8 Å². The molecule has 43 heavy (non-hydrogen) atoms. The zero-order valence-corrected chi connectivity index (χ0v) is 24.2. The molecule has 4 aliphatic rings. The monoisotopic (exact) mass is 607 g/mol. The van der Waals surface area contributed by atoms with Crippen LogP contribution in [0.4, 0.5) is 26.3 Å². The number of hydrogen-bond acceptors (Lipinski definition) is 3. The highest BCUT2D eigenvalue weighted by Gasteiger charge is 2.44. The van der Waals surface area contributed by atoms with E-state index >= 15 is 0 Å². The number of halogens is 6. The normalized spacial score (nSPS) is 24.6. The van der Waals surface area contributed by atoms with Crippen LogP contribution in [0.2, 0.25) is 0 Å². The van der Waals surface area contributed by atoms with Gasteiger partial charge in [0.15, 0.2) is 0 Å². The van der Waals surface area contributed by atoms with E-state index in [-0.39, 0.29) is 30.5 Å². The van der Waals surface area contributed by atoms with Crippen molar-refractivity contribution in [3.63, 3.8) is 0 Å². The molecule has 4 nitrogen and oxygen atoms in total. The standard InChI is InChI=1S/C33H39F6N3O/c34-32(35,36)22-40-21-31(28-9-3-1-7-26(28)27-8-2-4-10-29(27)31)17-5-6-18-42-19-15-25(16-20-42)41-30(43)23-11-13-24(14-12-23)33(37,38)39/h1,3-4,7,9-13,24-25,40H,2,5-6,8,14-22H2,(H,41,43). The third-order valence-corrected chi connectivity index (χ3v) is 9.24. The minimum atomic E-state index is -4.30. The second kappa shape index (κ2) is 13.0. The molecule has 0 spiro atoms. The number of hydrogen-bond donors (Lipinski definition) is 2. The van der Waals surface area contributed by atoms with Gasteiger partial charge in [-0.05, 0) is 73.8 Å². The number of allylic oxidation sites excluding steroid dienone is 5. The minimum absolute atomic E-state index is 0.0280. The predicted molar refractivity (Wildman–Crippen MR) is 155 cm³/mol. The van der Waals surface area contributed by atoms with Crippen molar-refractivity contribution in [3.8, 4) is 0 Å². The summed E-state index contributed by atoms with van der Waals surface area (Å²) in [7, 11) is 0. The van der Waals surface area contributed by atoms with Crippen LogP contribution in [0, 0.1) is 5.92 Å². The van der Waals surface area contributed by atoms with Gasteiger partial charge in [0.25, 0.3) is 5.91 Å². The molecule has 0 aromatic heterocycles. The van der Waals surface area contributed by atoms with Gasteiger partial charge in [-0.2, -0.15) is 26.3 Å². The molecule has 0 radical (unpaired) electrons. The van der Waals surface area contributed by atoms with Gasteiger partial charge in [0.05, 0.1) is 12.5 Å². The molecule has 1 saturated heterocycles. The third kappa shape index (κ3) is 7.45. The molecule has 5 rings (SSSR count). The van der Waals surface area contributed by atoms with Gasteiger partial charge >= 0.3 is 12.4 Å². The Bertz CT molecular complexity index is 1290. The number of amides is 1. The van der Waals surface area contributed by atoms with Gasteiger partial charge in [-0.3, -0.25) is 4.79 Å². The fourth-order valence-electron chi connectivity index (χ4n) is 7.03. The highest BCUT2D eigenvalue weighted by molar-refractivity contribution is 5.96. The molecule has 234 valence electrons. The molecule has 1 amide bonds. The van der Waals surface area contributed by atoms with Crippen LogP contribution in [-0.2, 0) is 10.2 Å². The average Bonchev–Trinajstić information content (AvgIpc) is 3.25. The van der Waals surface area contributed by atoms with Crippen molar-refractivity contribution in [2.24, 2.45) is 5.92 Å². The van der Waals surface area contributed by atoms with Crippen molar-refractivity contribution in [2.75, 3.05) is 32.7 Å².